The number of thiophene rings is 1. The Bertz CT molecular complexity index is 505. The standard InChI is InChI=1S/C14H16ClNS/c1-3-16-8-12-9-17-10(2)14(12)11-5-4-6-13(15)7-11/h4-7,9,16H,3,8H2,1-2H3. The Morgan fingerprint density at radius 2 is 2.18 bits per heavy atom. The SMILES string of the molecule is CCNCc1csc(C)c1-c1cccc(Cl)c1. The maximum atomic E-state index is 6.06. The second kappa shape index (κ2) is 5.67. The summed E-state index contributed by atoms with van der Waals surface area (Å²) in [6.45, 7) is 6.20. The average Bonchev–Trinajstić information content (AvgIpc) is 2.68. The van der Waals surface area contributed by atoms with E-state index in [1.54, 1.807) is 11.3 Å². The maximum absolute atomic E-state index is 6.06. The van der Waals surface area contributed by atoms with Crippen LogP contribution in [0.15, 0.2) is 29.6 Å². The normalized spacial score (nSPS) is 10.8. The van der Waals surface area contributed by atoms with E-state index in [9.17, 15) is 0 Å². The summed E-state index contributed by atoms with van der Waals surface area (Å²) in [6, 6.07) is 8.07. The van der Waals surface area contributed by atoms with Crippen LogP contribution in [0.2, 0.25) is 5.02 Å². The fourth-order valence-electron chi connectivity index (χ4n) is 1.93. The monoisotopic (exact) mass is 265 g/mol. The van der Waals surface area contributed by atoms with E-state index in [4.69, 9.17) is 11.6 Å². The Morgan fingerprint density at radius 1 is 1.35 bits per heavy atom. The summed E-state index contributed by atoms with van der Waals surface area (Å²) in [4.78, 5) is 1.35. The molecule has 1 heterocycles. The van der Waals surface area contributed by atoms with Crippen LogP contribution in [0.4, 0.5) is 0 Å². The minimum atomic E-state index is 0.794. The Labute approximate surface area is 111 Å². The van der Waals surface area contributed by atoms with Crippen molar-refractivity contribution in [3.05, 3.63) is 45.1 Å². The van der Waals surface area contributed by atoms with Crippen molar-refractivity contribution < 1.29 is 0 Å². The van der Waals surface area contributed by atoms with Gasteiger partial charge in [0, 0.05) is 16.4 Å². The summed E-state index contributed by atoms with van der Waals surface area (Å²) in [5, 5.41) is 6.40. The average molecular weight is 266 g/mol. The van der Waals surface area contributed by atoms with E-state index in [0.717, 1.165) is 18.1 Å². The highest BCUT2D eigenvalue weighted by molar-refractivity contribution is 7.10. The molecule has 0 aliphatic heterocycles. The van der Waals surface area contributed by atoms with Gasteiger partial charge in [0.05, 0.1) is 0 Å². The molecule has 0 radical (unpaired) electrons. The third-order valence-electron chi connectivity index (χ3n) is 2.73. The third kappa shape index (κ3) is 2.89. The molecule has 1 nitrogen and oxygen atoms in total. The smallest absolute Gasteiger partial charge is 0.0412 e. The van der Waals surface area contributed by atoms with Crippen LogP contribution in [0.3, 0.4) is 0 Å². The van der Waals surface area contributed by atoms with Crippen molar-refractivity contribution in [2.75, 3.05) is 6.54 Å². The molecule has 1 aromatic heterocycles. The summed E-state index contributed by atoms with van der Waals surface area (Å²) >= 11 is 7.86. The molecule has 1 N–H and O–H groups in total. The van der Waals surface area contributed by atoms with Gasteiger partial charge in [-0.05, 0) is 47.7 Å². The van der Waals surface area contributed by atoms with Crippen molar-refractivity contribution in [2.24, 2.45) is 0 Å². The zero-order valence-electron chi connectivity index (χ0n) is 10.1. The lowest BCUT2D eigenvalue weighted by Crippen LogP contribution is -2.11. The number of hydrogen-bond acceptors (Lipinski definition) is 2. The topological polar surface area (TPSA) is 12.0 Å². The molecule has 0 amide bonds. The van der Waals surface area contributed by atoms with Crippen LogP contribution < -0.4 is 5.32 Å². The van der Waals surface area contributed by atoms with E-state index in [1.807, 2.05) is 18.2 Å². The molecule has 2 aromatic rings. The molecule has 0 fully saturated rings. The lowest BCUT2D eigenvalue weighted by atomic mass is 10.0. The summed E-state index contributed by atoms with van der Waals surface area (Å²) in [5.74, 6) is 0. The molecular formula is C14H16ClNS. The molecule has 0 saturated carbocycles. The second-order valence-corrected chi connectivity index (χ2v) is 5.50. The van der Waals surface area contributed by atoms with E-state index in [-0.39, 0.29) is 0 Å². The van der Waals surface area contributed by atoms with Gasteiger partial charge in [-0.25, -0.2) is 0 Å². The fraction of sp³-hybridized carbons (Fsp3) is 0.286. The Morgan fingerprint density at radius 3 is 2.88 bits per heavy atom. The highest BCUT2D eigenvalue weighted by Gasteiger charge is 2.10. The van der Waals surface area contributed by atoms with Gasteiger partial charge in [-0.1, -0.05) is 30.7 Å². The first kappa shape index (κ1) is 12.6. The highest BCUT2D eigenvalue weighted by Crippen LogP contribution is 2.33. The van der Waals surface area contributed by atoms with Gasteiger partial charge in [0.1, 0.15) is 0 Å². The van der Waals surface area contributed by atoms with Crippen molar-refractivity contribution in [1.82, 2.24) is 5.32 Å². The van der Waals surface area contributed by atoms with Gasteiger partial charge in [0.15, 0.2) is 0 Å². The molecule has 0 bridgehead atoms. The van der Waals surface area contributed by atoms with Crippen LogP contribution >= 0.6 is 22.9 Å². The molecular weight excluding hydrogens is 250 g/mol. The predicted octanol–water partition coefficient (Wildman–Crippen LogP) is 4.49. The zero-order chi connectivity index (χ0) is 12.3. The van der Waals surface area contributed by atoms with Crippen LogP contribution in [0.5, 0.6) is 0 Å². The summed E-state index contributed by atoms with van der Waals surface area (Å²) < 4.78 is 0. The number of aryl methyl sites for hydroxylation is 1. The number of hydrogen-bond donors (Lipinski definition) is 1. The number of nitrogens with one attached hydrogen (secondary N) is 1. The van der Waals surface area contributed by atoms with E-state index in [0.29, 0.717) is 0 Å². The van der Waals surface area contributed by atoms with E-state index in [1.165, 1.54) is 21.6 Å². The highest BCUT2D eigenvalue weighted by atomic mass is 35.5. The number of benzene rings is 1. The van der Waals surface area contributed by atoms with Crippen molar-refractivity contribution >= 4 is 22.9 Å². The van der Waals surface area contributed by atoms with E-state index in [2.05, 4.69) is 30.6 Å². The van der Waals surface area contributed by atoms with Gasteiger partial charge in [0.25, 0.3) is 0 Å². The van der Waals surface area contributed by atoms with Gasteiger partial charge in [-0.15, -0.1) is 11.3 Å². The first-order chi connectivity index (χ1) is 8.22. The molecule has 0 aliphatic carbocycles. The fourth-order valence-corrected chi connectivity index (χ4v) is 3.00. The number of rotatable bonds is 4. The molecule has 90 valence electrons. The quantitative estimate of drug-likeness (QED) is 0.859. The minimum absolute atomic E-state index is 0.794. The molecule has 0 spiro atoms. The van der Waals surface area contributed by atoms with E-state index >= 15 is 0 Å². The molecule has 0 atom stereocenters. The zero-order valence-corrected chi connectivity index (χ0v) is 11.7. The van der Waals surface area contributed by atoms with Gasteiger partial charge in [-0.2, -0.15) is 0 Å². The maximum Gasteiger partial charge on any atom is 0.0412 e. The Hall–Kier alpha value is -0.830. The Kier molecular flexibility index (Phi) is 4.21. The lowest BCUT2D eigenvalue weighted by Gasteiger charge is -2.07. The molecule has 0 saturated heterocycles. The first-order valence-electron chi connectivity index (χ1n) is 5.76. The van der Waals surface area contributed by atoms with Crippen molar-refractivity contribution in [2.45, 2.75) is 20.4 Å². The summed E-state index contributed by atoms with van der Waals surface area (Å²) in [5.41, 5.74) is 3.90. The minimum Gasteiger partial charge on any atom is -0.313 e. The molecule has 3 heteroatoms. The van der Waals surface area contributed by atoms with Crippen LogP contribution in [-0.4, -0.2) is 6.54 Å². The summed E-state index contributed by atoms with van der Waals surface area (Å²) in [6.07, 6.45) is 0. The molecule has 17 heavy (non-hydrogen) atoms. The van der Waals surface area contributed by atoms with Crippen molar-refractivity contribution in [1.29, 1.82) is 0 Å². The first-order valence-corrected chi connectivity index (χ1v) is 7.01. The third-order valence-corrected chi connectivity index (χ3v) is 3.93. The Balaban J connectivity index is 2.39. The van der Waals surface area contributed by atoms with Crippen molar-refractivity contribution in [3.63, 3.8) is 0 Å². The molecule has 1 aromatic carbocycles. The van der Waals surface area contributed by atoms with Crippen molar-refractivity contribution in [3.8, 4) is 11.1 Å². The largest absolute Gasteiger partial charge is 0.313 e. The van der Waals surface area contributed by atoms with Gasteiger partial charge in [0.2, 0.25) is 0 Å². The predicted molar refractivity (Wildman–Crippen MR) is 76.9 cm³/mol. The van der Waals surface area contributed by atoms with E-state index < -0.39 is 0 Å². The molecule has 0 aliphatic rings. The van der Waals surface area contributed by atoms with Crippen LogP contribution in [0.1, 0.15) is 17.4 Å². The van der Waals surface area contributed by atoms with Gasteiger partial charge in [-0.3, -0.25) is 0 Å². The summed E-state index contributed by atoms with van der Waals surface area (Å²) in [7, 11) is 0. The van der Waals surface area contributed by atoms with Crippen LogP contribution in [0, 0.1) is 6.92 Å². The van der Waals surface area contributed by atoms with Crippen LogP contribution in [-0.2, 0) is 6.54 Å². The van der Waals surface area contributed by atoms with Gasteiger partial charge < -0.3 is 5.32 Å². The lowest BCUT2D eigenvalue weighted by molar-refractivity contribution is 0.729. The molecule has 0 unspecified atom stereocenters. The number of halogens is 1. The molecule has 2 rings (SSSR count). The second-order valence-electron chi connectivity index (χ2n) is 3.98. The van der Waals surface area contributed by atoms with Crippen LogP contribution in [0.25, 0.3) is 11.1 Å². The van der Waals surface area contributed by atoms with Gasteiger partial charge >= 0.3 is 0 Å².